The van der Waals surface area contributed by atoms with Crippen LogP contribution in [0, 0.1) is 12.8 Å². The normalized spacial score (nSPS) is 20.2. The number of rotatable bonds is 4. The standard InChI is InChI=1S/C21H23N3O2/c1-14-4-9-18-19(11-14)26-21(24-18)16-7-5-15(6-8-16)12-23-20(25)17-3-2-10-22-13-17/h2-4,9-11,13,15-16H,5-8,12H2,1H3,(H,23,25). The van der Waals surface area contributed by atoms with E-state index in [9.17, 15) is 4.79 Å². The number of nitrogens with one attached hydrogen (secondary N) is 1. The van der Waals surface area contributed by atoms with E-state index in [1.807, 2.05) is 12.1 Å². The second-order valence-electron chi connectivity index (χ2n) is 7.19. The first-order valence-electron chi connectivity index (χ1n) is 9.24. The number of oxazole rings is 1. The molecule has 1 N–H and O–H groups in total. The van der Waals surface area contributed by atoms with Crippen LogP contribution in [0.25, 0.3) is 11.1 Å². The molecule has 2 aromatic heterocycles. The molecule has 2 heterocycles. The molecule has 0 spiro atoms. The predicted molar refractivity (Wildman–Crippen MR) is 100 cm³/mol. The maximum Gasteiger partial charge on any atom is 0.252 e. The van der Waals surface area contributed by atoms with Gasteiger partial charge in [-0.25, -0.2) is 4.98 Å². The van der Waals surface area contributed by atoms with Crippen LogP contribution in [0.1, 0.15) is 53.4 Å². The maximum atomic E-state index is 12.1. The summed E-state index contributed by atoms with van der Waals surface area (Å²) in [6.07, 6.45) is 7.54. The lowest BCUT2D eigenvalue weighted by molar-refractivity contribution is 0.0942. The first-order chi connectivity index (χ1) is 12.7. The number of aromatic nitrogens is 2. The Balaban J connectivity index is 1.31. The second kappa shape index (κ2) is 7.28. The lowest BCUT2D eigenvalue weighted by Gasteiger charge is -2.26. The number of hydrogen-bond donors (Lipinski definition) is 1. The van der Waals surface area contributed by atoms with Crippen LogP contribution in [-0.4, -0.2) is 22.4 Å². The van der Waals surface area contributed by atoms with Gasteiger partial charge in [-0.1, -0.05) is 6.07 Å². The Bertz CT molecular complexity index is 896. The van der Waals surface area contributed by atoms with Gasteiger partial charge in [0.2, 0.25) is 0 Å². The molecule has 0 aliphatic heterocycles. The molecule has 0 unspecified atom stereocenters. The van der Waals surface area contributed by atoms with Crippen molar-refractivity contribution in [2.75, 3.05) is 6.54 Å². The van der Waals surface area contributed by atoms with Gasteiger partial charge in [-0.15, -0.1) is 0 Å². The summed E-state index contributed by atoms with van der Waals surface area (Å²) in [5.41, 5.74) is 3.62. The van der Waals surface area contributed by atoms with Gasteiger partial charge in [-0.3, -0.25) is 9.78 Å². The van der Waals surface area contributed by atoms with Crippen LogP contribution in [-0.2, 0) is 0 Å². The van der Waals surface area contributed by atoms with E-state index in [-0.39, 0.29) is 5.91 Å². The molecule has 26 heavy (non-hydrogen) atoms. The highest BCUT2D eigenvalue weighted by Crippen LogP contribution is 2.36. The number of hydrogen-bond acceptors (Lipinski definition) is 4. The molecule has 0 saturated heterocycles. The second-order valence-corrected chi connectivity index (χ2v) is 7.19. The van der Waals surface area contributed by atoms with E-state index in [2.05, 4.69) is 28.3 Å². The van der Waals surface area contributed by atoms with Crippen LogP contribution < -0.4 is 5.32 Å². The fourth-order valence-corrected chi connectivity index (χ4v) is 3.67. The summed E-state index contributed by atoms with van der Waals surface area (Å²) in [5.74, 6) is 1.71. The Kier molecular flexibility index (Phi) is 4.69. The summed E-state index contributed by atoms with van der Waals surface area (Å²) in [4.78, 5) is 20.8. The number of fused-ring (bicyclic) bond motifs is 1. The molecule has 5 heteroatoms. The van der Waals surface area contributed by atoms with Gasteiger partial charge in [-0.05, 0) is 68.4 Å². The van der Waals surface area contributed by atoms with Crippen molar-refractivity contribution < 1.29 is 9.21 Å². The van der Waals surface area contributed by atoms with Crippen LogP contribution in [0.2, 0.25) is 0 Å². The summed E-state index contributed by atoms with van der Waals surface area (Å²) >= 11 is 0. The topological polar surface area (TPSA) is 68.0 Å². The molecule has 134 valence electrons. The molecule has 1 aliphatic rings. The van der Waals surface area contributed by atoms with Crippen LogP contribution in [0.4, 0.5) is 0 Å². The van der Waals surface area contributed by atoms with Crippen molar-refractivity contribution in [2.24, 2.45) is 5.92 Å². The first-order valence-corrected chi connectivity index (χ1v) is 9.24. The zero-order valence-corrected chi connectivity index (χ0v) is 14.9. The highest BCUT2D eigenvalue weighted by molar-refractivity contribution is 5.93. The Labute approximate surface area is 152 Å². The average Bonchev–Trinajstić information content (AvgIpc) is 3.10. The average molecular weight is 349 g/mol. The van der Waals surface area contributed by atoms with E-state index in [1.54, 1.807) is 24.5 Å². The minimum Gasteiger partial charge on any atom is -0.440 e. The SMILES string of the molecule is Cc1ccc2nc(C3CCC(CNC(=O)c4cccnc4)CC3)oc2c1. The third-order valence-corrected chi connectivity index (χ3v) is 5.23. The zero-order valence-electron chi connectivity index (χ0n) is 14.9. The Morgan fingerprint density at radius 3 is 2.85 bits per heavy atom. The van der Waals surface area contributed by atoms with Crippen LogP contribution >= 0.6 is 0 Å². The number of aryl methyl sites for hydroxylation is 1. The van der Waals surface area contributed by atoms with Crippen molar-refractivity contribution >= 4 is 17.0 Å². The van der Waals surface area contributed by atoms with Crippen molar-refractivity contribution in [1.29, 1.82) is 0 Å². The monoisotopic (exact) mass is 349 g/mol. The smallest absolute Gasteiger partial charge is 0.252 e. The fourth-order valence-electron chi connectivity index (χ4n) is 3.67. The van der Waals surface area contributed by atoms with Gasteiger partial charge in [-0.2, -0.15) is 0 Å². The van der Waals surface area contributed by atoms with Gasteiger partial charge < -0.3 is 9.73 Å². The van der Waals surface area contributed by atoms with Gasteiger partial charge in [0.15, 0.2) is 11.5 Å². The van der Waals surface area contributed by atoms with Crippen LogP contribution in [0.15, 0.2) is 47.1 Å². The molecule has 5 nitrogen and oxygen atoms in total. The van der Waals surface area contributed by atoms with E-state index in [4.69, 9.17) is 4.42 Å². The molecule has 3 aromatic rings. The van der Waals surface area contributed by atoms with Crippen LogP contribution in [0.3, 0.4) is 0 Å². The van der Waals surface area contributed by atoms with E-state index in [0.29, 0.717) is 23.9 Å². The fraction of sp³-hybridized carbons (Fsp3) is 0.381. The number of nitrogens with zero attached hydrogens (tertiary/aromatic N) is 2. The minimum absolute atomic E-state index is 0.0467. The largest absolute Gasteiger partial charge is 0.440 e. The molecule has 1 amide bonds. The third kappa shape index (κ3) is 3.62. The number of carbonyl (C=O) groups is 1. The van der Waals surface area contributed by atoms with Crippen LogP contribution in [0.5, 0.6) is 0 Å². The number of benzene rings is 1. The molecule has 0 atom stereocenters. The van der Waals surface area contributed by atoms with E-state index >= 15 is 0 Å². The maximum absolute atomic E-state index is 12.1. The molecule has 1 saturated carbocycles. The Morgan fingerprint density at radius 2 is 2.08 bits per heavy atom. The summed E-state index contributed by atoms with van der Waals surface area (Å²) in [6.45, 7) is 2.78. The molecule has 0 bridgehead atoms. The number of amides is 1. The number of pyridine rings is 1. The summed E-state index contributed by atoms with van der Waals surface area (Å²) in [5, 5.41) is 3.03. The molecule has 1 aromatic carbocycles. The van der Waals surface area contributed by atoms with Gasteiger partial charge in [0.05, 0.1) is 5.56 Å². The Morgan fingerprint density at radius 1 is 1.23 bits per heavy atom. The van der Waals surface area contributed by atoms with Crippen molar-refractivity contribution in [3.05, 3.63) is 59.7 Å². The van der Waals surface area contributed by atoms with Gasteiger partial charge >= 0.3 is 0 Å². The molecular formula is C21H23N3O2. The van der Waals surface area contributed by atoms with Gasteiger partial charge in [0.25, 0.3) is 5.91 Å². The number of carbonyl (C=O) groups excluding carboxylic acids is 1. The van der Waals surface area contributed by atoms with Gasteiger partial charge in [0.1, 0.15) is 5.52 Å². The minimum atomic E-state index is -0.0467. The van der Waals surface area contributed by atoms with E-state index in [1.165, 1.54) is 5.56 Å². The Hall–Kier alpha value is -2.69. The summed E-state index contributed by atoms with van der Waals surface area (Å²) in [6, 6.07) is 9.70. The van der Waals surface area contributed by atoms with Crippen molar-refractivity contribution in [2.45, 2.75) is 38.5 Å². The lowest BCUT2D eigenvalue weighted by Crippen LogP contribution is -2.31. The molecule has 1 aliphatic carbocycles. The quantitative estimate of drug-likeness (QED) is 0.765. The molecule has 0 radical (unpaired) electrons. The first kappa shape index (κ1) is 16.8. The molecule has 1 fully saturated rings. The third-order valence-electron chi connectivity index (χ3n) is 5.23. The summed E-state index contributed by atoms with van der Waals surface area (Å²) < 4.78 is 5.99. The zero-order chi connectivity index (χ0) is 17.9. The predicted octanol–water partition coefficient (Wildman–Crippen LogP) is 4.24. The van der Waals surface area contributed by atoms with E-state index in [0.717, 1.165) is 42.7 Å². The molecule has 4 rings (SSSR count). The highest BCUT2D eigenvalue weighted by atomic mass is 16.3. The lowest BCUT2D eigenvalue weighted by atomic mass is 9.82. The van der Waals surface area contributed by atoms with E-state index < -0.39 is 0 Å². The summed E-state index contributed by atoms with van der Waals surface area (Å²) in [7, 11) is 0. The van der Waals surface area contributed by atoms with Crippen molar-refractivity contribution in [3.63, 3.8) is 0 Å². The van der Waals surface area contributed by atoms with Crippen molar-refractivity contribution in [1.82, 2.24) is 15.3 Å². The molecular weight excluding hydrogens is 326 g/mol. The highest BCUT2D eigenvalue weighted by Gasteiger charge is 2.26. The van der Waals surface area contributed by atoms with Gasteiger partial charge in [0, 0.05) is 24.9 Å². The van der Waals surface area contributed by atoms with Crippen molar-refractivity contribution in [3.8, 4) is 0 Å².